The molecule has 10 aromatic carbocycles. The molecule has 0 fully saturated rings. The van der Waals surface area contributed by atoms with Crippen LogP contribution in [-0.4, -0.2) is 4.57 Å². The van der Waals surface area contributed by atoms with Crippen LogP contribution in [0.3, 0.4) is 0 Å². The second-order valence-electron chi connectivity index (χ2n) is 16.9. The minimum absolute atomic E-state index is 0.127. The van der Waals surface area contributed by atoms with E-state index >= 15 is 0 Å². The van der Waals surface area contributed by atoms with Gasteiger partial charge in [-0.3, -0.25) is 0 Å². The van der Waals surface area contributed by atoms with Crippen molar-refractivity contribution in [1.82, 2.24) is 4.57 Å². The Labute approximate surface area is 356 Å². The molecule has 1 heterocycles. The number of hydrogen-bond acceptors (Lipinski definition) is 1. The minimum Gasteiger partial charge on any atom is -0.308 e. The van der Waals surface area contributed by atoms with Crippen molar-refractivity contribution in [1.29, 1.82) is 0 Å². The standard InChI is InChI=1S/C59H42N2/c1-59(2)51-37-35-44(38-50(51)58-47-21-7-6-18-40(47)32-36-52(58)59)60(55-28-12-13-29-56(55)61-53-26-10-8-22-48(53)49-23-9-11-27-54(49)61)43-33-30-41(31-34-43)46-25-15-20-42-19-14-24-45(57(42)46)39-16-4-3-5-17-39/h3-38H,1-2H3. The summed E-state index contributed by atoms with van der Waals surface area (Å²) in [4.78, 5) is 2.47. The Morgan fingerprint density at radius 1 is 0.393 bits per heavy atom. The highest BCUT2D eigenvalue weighted by molar-refractivity contribution is 6.10. The molecule has 0 saturated heterocycles. The zero-order valence-corrected chi connectivity index (χ0v) is 34.2. The molecule has 0 atom stereocenters. The predicted molar refractivity (Wildman–Crippen MR) is 259 cm³/mol. The Morgan fingerprint density at radius 3 is 1.67 bits per heavy atom. The molecule has 0 amide bonds. The van der Waals surface area contributed by atoms with Crippen molar-refractivity contribution in [3.63, 3.8) is 0 Å². The summed E-state index contributed by atoms with van der Waals surface area (Å²) in [5, 5.41) is 7.57. The van der Waals surface area contributed by atoms with Crippen molar-refractivity contribution in [3.8, 4) is 39.1 Å². The monoisotopic (exact) mass is 778 g/mol. The fourth-order valence-corrected chi connectivity index (χ4v) is 10.3. The Morgan fingerprint density at radius 2 is 0.951 bits per heavy atom. The Balaban J connectivity index is 1.09. The van der Waals surface area contributed by atoms with Gasteiger partial charge in [-0.25, -0.2) is 0 Å². The Kier molecular flexibility index (Phi) is 7.92. The van der Waals surface area contributed by atoms with E-state index in [9.17, 15) is 0 Å². The summed E-state index contributed by atoms with van der Waals surface area (Å²) in [5.41, 5.74) is 16.9. The molecule has 12 rings (SSSR count). The topological polar surface area (TPSA) is 8.17 Å². The first-order chi connectivity index (χ1) is 30.0. The van der Waals surface area contributed by atoms with Crippen LogP contribution in [0.4, 0.5) is 17.1 Å². The lowest BCUT2D eigenvalue weighted by molar-refractivity contribution is 0.661. The summed E-state index contributed by atoms with van der Waals surface area (Å²) >= 11 is 0. The lowest BCUT2D eigenvalue weighted by Gasteiger charge is -2.29. The number of fused-ring (bicyclic) bond motifs is 9. The molecule has 288 valence electrons. The van der Waals surface area contributed by atoms with Crippen molar-refractivity contribution in [3.05, 3.63) is 230 Å². The van der Waals surface area contributed by atoms with Crippen molar-refractivity contribution in [2.75, 3.05) is 4.90 Å². The zero-order chi connectivity index (χ0) is 40.7. The lowest BCUT2D eigenvalue weighted by Crippen LogP contribution is -2.16. The highest BCUT2D eigenvalue weighted by atomic mass is 15.2. The van der Waals surface area contributed by atoms with Gasteiger partial charge in [0.05, 0.1) is 22.4 Å². The fraction of sp³-hybridized carbons (Fsp3) is 0.0508. The second kappa shape index (κ2) is 13.7. The number of rotatable bonds is 6. The van der Waals surface area contributed by atoms with Crippen LogP contribution < -0.4 is 4.90 Å². The van der Waals surface area contributed by atoms with Gasteiger partial charge >= 0.3 is 0 Å². The van der Waals surface area contributed by atoms with E-state index in [2.05, 4.69) is 242 Å². The van der Waals surface area contributed by atoms with Gasteiger partial charge in [-0.15, -0.1) is 0 Å². The van der Waals surface area contributed by atoms with E-state index in [1.165, 1.54) is 87.9 Å². The number of nitrogens with zero attached hydrogens (tertiary/aromatic N) is 2. The summed E-state index contributed by atoms with van der Waals surface area (Å²) in [7, 11) is 0. The van der Waals surface area contributed by atoms with Gasteiger partial charge in [-0.2, -0.15) is 0 Å². The molecular weight excluding hydrogens is 737 g/mol. The van der Waals surface area contributed by atoms with E-state index in [1.807, 2.05) is 0 Å². The molecule has 0 N–H and O–H groups in total. The third-order valence-electron chi connectivity index (χ3n) is 13.2. The molecule has 0 saturated carbocycles. The minimum atomic E-state index is -0.127. The molecular formula is C59H42N2. The van der Waals surface area contributed by atoms with E-state index in [-0.39, 0.29) is 5.41 Å². The molecule has 2 nitrogen and oxygen atoms in total. The normalized spacial score (nSPS) is 12.9. The number of aromatic nitrogens is 1. The van der Waals surface area contributed by atoms with Crippen molar-refractivity contribution < 1.29 is 0 Å². The largest absolute Gasteiger partial charge is 0.308 e. The highest BCUT2D eigenvalue weighted by Crippen LogP contribution is 2.53. The van der Waals surface area contributed by atoms with Crippen molar-refractivity contribution in [2.45, 2.75) is 19.3 Å². The second-order valence-corrected chi connectivity index (χ2v) is 16.9. The zero-order valence-electron chi connectivity index (χ0n) is 34.2. The maximum atomic E-state index is 2.47. The van der Waals surface area contributed by atoms with Gasteiger partial charge in [0.2, 0.25) is 0 Å². The van der Waals surface area contributed by atoms with Crippen LogP contribution in [0.15, 0.2) is 218 Å². The van der Waals surface area contributed by atoms with Gasteiger partial charge in [0.1, 0.15) is 0 Å². The molecule has 61 heavy (non-hydrogen) atoms. The maximum Gasteiger partial charge on any atom is 0.0702 e. The van der Waals surface area contributed by atoms with E-state index in [4.69, 9.17) is 0 Å². The molecule has 1 aliphatic rings. The quantitative estimate of drug-likeness (QED) is 0.163. The van der Waals surface area contributed by atoms with Gasteiger partial charge < -0.3 is 9.47 Å². The van der Waals surface area contributed by atoms with Gasteiger partial charge in [0, 0.05) is 27.6 Å². The van der Waals surface area contributed by atoms with Crippen LogP contribution in [-0.2, 0) is 5.41 Å². The summed E-state index contributed by atoms with van der Waals surface area (Å²) in [5.74, 6) is 0. The number of benzene rings is 10. The number of anilines is 3. The van der Waals surface area contributed by atoms with Gasteiger partial charge in [-0.1, -0.05) is 184 Å². The summed E-state index contributed by atoms with van der Waals surface area (Å²) in [6, 6.07) is 80.4. The van der Waals surface area contributed by atoms with Gasteiger partial charge in [0.15, 0.2) is 0 Å². The van der Waals surface area contributed by atoms with E-state index in [1.54, 1.807) is 0 Å². The highest BCUT2D eigenvalue weighted by Gasteiger charge is 2.37. The van der Waals surface area contributed by atoms with Crippen LogP contribution >= 0.6 is 0 Å². The SMILES string of the molecule is CC1(C)c2ccc(N(c3ccc(-c4cccc5cccc(-c6ccccc6)c45)cc3)c3ccccc3-n3c4ccccc4c4ccccc43)cc2-c2c1ccc1ccccc21. The fourth-order valence-electron chi connectivity index (χ4n) is 10.3. The van der Waals surface area contributed by atoms with Crippen LogP contribution in [0.5, 0.6) is 0 Å². The average molecular weight is 779 g/mol. The Bertz CT molecular complexity index is 3440. The molecule has 0 unspecified atom stereocenters. The molecule has 0 spiro atoms. The third kappa shape index (κ3) is 5.42. The first-order valence-electron chi connectivity index (χ1n) is 21.3. The first kappa shape index (κ1) is 35.3. The molecule has 11 aromatic rings. The Hall–Kier alpha value is -7.68. The molecule has 2 heteroatoms. The van der Waals surface area contributed by atoms with Crippen molar-refractivity contribution >= 4 is 60.4 Å². The average Bonchev–Trinajstić information content (AvgIpc) is 3.77. The predicted octanol–water partition coefficient (Wildman–Crippen LogP) is 16.2. The number of para-hydroxylation sites is 4. The molecule has 0 bridgehead atoms. The van der Waals surface area contributed by atoms with Crippen LogP contribution in [0.1, 0.15) is 25.0 Å². The first-order valence-corrected chi connectivity index (χ1v) is 21.3. The summed E-state index contributed by atoms with van der Waals surface area (Å²) in [6.07, 6.45) is 0. The van der Waals surface area contributed by atoms with Crippen LogP contribution in [0.25, 0.3) is 82.4 Å². The lowest BCUT2D eigenvalue weighted by atomic mass is 9.82. The van der Waals surface area contributed by atoms with Crippen LogP contribution in [0, 0.1) is 0 Å². The molecule has 1 aromatic heterocycles. The smallest absolute Gasteiger partial charge is 0.0702 e. The number of hydrogen-bond donors (Lipinski definition) is 0. The summed E-state index contributed by atoms with van der Waals surface area (Å²) in [6.45, 7) is 4.74. The van der Waals surface area contributed by atoms with Gasteiger partial charge in [0.25, 0.3) is 0 Å². The van der Waals surface area contributed by atoms with E-state index in [0.717, 1.165) is 22.7 Å². The molecule has 0 radical (unpaired) electrons. The maximum absolute atomic E-state index is 2.47. The molecule has 0 aliphatic heterocycles. The van der Waals surface area contributed by atoms with Crippen LogP contribution in [0.2, 0.25) is 0 Å². The summed E-state index contributed by atoms with van der Waals surface area (Å²) < 4.78 is 2.45. The van der Waals surface area contributed by atoms with E-state index < -0.39 is 0 Å². The molecule has 1 aliphatic carbocycles. The van der Waals surface area contributed by atoms with E-state index in [0.29, 0.717) is 0 Å². The third-order valence-corrected chi connectivity index (χ3v) is 13.2. The van der Waals surface area contributed by atoms with Gasteiger partial charge in [-0.05, 0) is 115 Å². The van der Waals surface area contributed by atoms with Crippen molar-refractivity contribution in [2.24, 2.45) is 0 Å².